The summed E-state index contributed by atoms with van der Waals surface area (Å²) in [4.78, 5) is 23.5. The van der Waals surface area contributed by atoms with E-state index in [0.717, 1.165) is 5.56 Å². The van der Waals surface area contributed by atoms with Gasteiger partial charge in [-0.1, -0.05) is 37.3 Å². The molecule has 1 aliphatic rings. The Morgan fingerprint density at radius 2 is 1.94 bits per heavy atom. The van der Waals surface area contributed by atoms with Crippen LogP contribution < -0.4 is 0 Å². The standard InChI is InChI=1S/C14H16O2/c1-10-9-12(15)7-8-13(10)14(16)11-5-3-2-4-6-11/h2-6,10,13H,7-9H2,1H3. The van der Waals surface area contributed by atoms with Crippen molar-refractivity contribution in [2.45, 2.75) is 26.2 Å². The fourth-order valence-electron chi connectivity index (χ4n) is 2.41. The molecule has 0 bridgehead atoms. The Balaban J connectivity index is 2.14. The Morgan fingerprint density at radius 1 is 1.25 bits per heavy atom. The van der Waals surface area contributed by atoms with Crippen LogP contribution in [0.2, 0.25) is 0 Å². The highest BCUT2D eigenvalue weighted by Crippen LogP contribution is 2.30. The zero-order valence-corrected chi connectivity index (χ0v) is 9.48. The molecule has 0 saturated heterocycles. The van der Waals surface area contributed by atoms with Gasteiger partial charge >= 0.3 is 0 Å². The molecule has 0 radical (unpaired) electrons. The summed E-state index contributed by atoms with van der Waals surface area (Å²) in [5.41, 5.74) is 0.772. The lowest BCUT2D eigenvalue weighted by Gasteiger charge is -2.26. The van der Waals surface area contributed by atoms with Crippen molar-refractivity contribution in [3.05, 3.63) is 35.9 Å². The molecule has 0 heterocycles. The Labute approximate surface area is 95.7 Å². The summed E-state index contributed by atoms with van der Waals surface area (Å²) in [5.74, 6) is 0.708. The molecule has 2 unspecified atom stereocenters. The second-order valence-corrected chi connectivity index (χ2v) is 4.60. The van der Waals surface area contributed by atoms with Crippen LogP contribution in [0.4, 0.5) is 0 Å². The Bertz CT molecular complexity index is 394. The van der Waals surface area contributed by atoms with Crippen LogP contribution in [0.25, 0.3) is 0 Å². The highest BCUT2D eigenvalue weighted by Gasteiger charge is 2.31. The number of hydrogen-bond acceptors (Lipinski definition) is 2. The van der Waals surface area contributed by atoms with Gasteiger partial charge in [-0.15, -0.1) is 0 Å². The number of rotatable bonds is 2. The van der Waals surface area contributed by atoms with Gasteiger partial charge < -0.3 is 0 Å². The highest BCUT2D eigenvalue weighted by molar-refractivity contribution is 5.99. The summed E-state index contributed by atoms with van der Waals surface area (Å²) < 4.78 is 0. The van der Waals surface area contributed by atoms with E-state index >= 15 is 0 Å². The number of ketones is 2. The maximum absolute atomic E-state index is 12.2. The zero-order valence-electron chi connectivity index (χ0n) is 9.48. The molecule has 1 saturated carbocycles. The van der Waals surface area contributed by atoms with E-state index in [4.69, 9.17) is 0 Å². The first-order valence-electron chi connectivity index (χ1n) is 5.79. The van der Waals surface area contributed by atoms with Gasteiger partial charge in [0.2, 0.25) is 0 Å². The molecule has 0 amide bonds. The van der Waals surface area contributed by atoms with E-state index in [0.29, 0.717) is 25.0 Å². The van der Waals surface area contributed by atoms with Crippen LogP contribution in [-0.2, 0) is 4.79 Å². The van der Waals surface area contributed by atoms with E-state index in [9.17, 15) is 9.59 Å². The monoisotopic (exact) mass is 216 g/mol. The third-order valence-corrected chi connectivity index (χ3v) is 3.37. The van der Waals surface area contributed by atoms with Gasteiger partial charge in [0.05, 0.1) is 0 Å². The van der Waals surface area contributed by atoms with E-state index < -0.39 is 0 Å². The molecule has 0 N–H and O–H groups in total. The number of carbonyl (C=O) groups is 2. The smallest absolute Gasteiger partial charge is 0.166 e. The molecule has 1 aromatic rings. The van der Waals surface area contributed by atoms with Crippen molar-refractivity contribution in [2.24, 2.45) is 11.8 Å². The van der Waals surface area contributed by atoms with Crippen molar-refractivity contribution >= 4 is 11.6 Å². The maximum Gasteiger partial charge on any atom is 0.166 e. The summed E-state index contributed by atoms with van der Waals surface area (Å²) >= 11 is 0. The Morgan fingerprint density at radius 3 is 2.56 bits per heavy atom. The van der Waals surface area contributed by atoms with E-state index in [1.807, 2.05) is 37.3 Å². The van der Waals surface area contributed by atoms with E-state index in [1.54, 1.807) is 0 Å². The second-order valence-electron chi connectivity index (χ2n) is 4.60. The summed E-state index contributed by atoms with van der Waals surface area (Å²) in [6.07, 6.45) is 1.84. The summed E-state index contributed by atoms with van der Waals surface area (Å²) in [6, 6.07) is 9.37. The minimum absolute atomic E-state index is 0.0279. The molecule has 0 aliphatic heterocycles. The third kappa shape index (κ3) is 2.21. The van der Waals surface area contributed by atoms with Crippen LogP contribution in [0.3, 0.4) is 0 Å². The van der Waals surface area contributed by atoms with E-state index in [-0.39, 0.29) is 17.6 Å². The summed E-state index contributed by atoms with van der Waals surface area (Å²) in [5, 5.41) is 0. The molecule has 0 aromatic heterocycles. The predicted octanol–water partition coefficient (Wildman–Crippen LogP) is 2.87. The molecule has 16 heavy (non-hydrogen) atoms. The van der Waals surface area contributed by atoms with Crippen LogP contribution >= 0.6 is 0 Å². The van der Waals surface area contributed by atoms with Gasteiger partial charge in [-0.2, -0.15) is 0 Å². The average Bonchev–Trinajstić information content (AvgIpc) is 2.29. The summed E-state index contributed by atoms with van der Waals surface area (Å²) in [6.45, 7) is 2.00. The molecule has 2 heteroatoms. The number of Topliss-reactive ketones (excluding diaryl/α,β-unsaturated/α-hetero) is 2. The molecule has 2 atom stereocenters. The molecule has 1 aromatic carbocycles. The van der Waals surface area contributed by atoms with Gasteiger partial charge in [-0.25, -0.2) is 0 Å². The molecule has 1 fully saturated rings. The first kappa shape index (κ1) is 11.1. The number of hydrogen-bond donors (Lipinski definition) is 0. The lowest BCUT2D eigenvalue weighted by atomic mass is 9.76. The first-order valence-corrected chi connectivity index (χ1v) is 5.79. The molecule has 0 spiro atoms. The predicted molar refractivity (Wildman–Crippen MR) is 62.3 cm³/mol. The van der Waals surface area contributed by atoms with Crippen molar-refractivity contribution < 1.29 is 9.59 Å². The van der Waals surface area contributed by atoms with Crippen LogP contribution in [0.5, 0.6) is 0 Å². The molecular formula is C14H16O2. The van der Waals surface area contributed by atoms with Gasteiger partial charge in [-0.05, 0) is 12.3 Å². The minimum atomic E-state index is 0.0279. The van der Waals surface area contributed by atoms with Gasteiger partial charge in [0.25, 0.3) is 0 Å². The van der Waals surface area contributed by atoms with E-state index in [2.05, 4.69) is 0 Å². The molecular weight excluding hydrogens is 200 g/mol. The summed E-state index contributed by atoms with van der Waals surface area (Å²) in [7, 11) is 0. The van der Waals surface area contributed by atoms with Gasteiger partial charge in [0.15, 0.2) is 5.78 Å². The van der Waals surface area contributed by atoms with Crippen LogP contribution in [0.1, 0.15) is 36.5 Å². The minimum Gasteiger partial charge on any atom is -0.300 e. The largest absolute Gasteiger partial charge is 0.300 e. The van der Waals surface area contributed by atoms with Crippen LogP contribution in [0, 0.1) is 11.8 Å². The van der Waals surface area contributed by atoms with Gasteiger partial charge in [0, 0.05) is 24.3 Å². The van der Waals surface area contributed by atoms with Crippen LogP contribution in [0.15, 0.2) is 30.3 Å². The molecule has 84 valence electrons. The third-order valence-electron chi connectivity index (χ3n) is 3.37. The maximum atomic E-state index is 12.2. The quantitative estimate of drug-likeness (QED) is 0.712. The lowest BCUT2D eigenvalue weighted by Crippen LogP contribution is -2.29. The SMILES string of the molecule is CC1CC(=O)CCC1C(=O)c1ccccc1. The highest BCUT2D eigenvalue weighted by atomic mass is 16.1. The first-order chi connectivity index (χ1) is 7.68. The van der Waals surface area contributed by atoms with E-state index in [1.165, 1.54) is 0 Å². The average molecular weight is 216 g/mol. The normalized spacial score (nSPS) is 25.4. The molecule has 2 nitrogen and oxygen atoms in total. The molecule has 1 aliphatic carbocycles. The van der Waals surface area contributed by atoms with Crippen molar-refractivity contribution in [3.63, 3.8) is 0 Å². The fourth-order valence-corrected chi connectivity index (χ4v) is 2.41. The lowest BCUT2D eigenvalue weighted by molar-refractivity contribution is -0.121. The fraction of sp³-hybridized carbons (Fsp3) is 0.429. The van der Waals surface area contributed by atoms with Crippen molar-refractivity contribution in [1.29, 1.82) is 0 Å². The van der Waals surface area contributed by atoms with Crippen molar-refractivity contribution in [1.82, 2.24) is 0 Å². The Kier molecular flexibility index (Phi) is 3.18. The zero-order chi connectivity index (χ0) is 11.5. The van der Waals surface area contributed by atoms with Gasteiger partial charge in [-0.3, -0.25) is 9.59 Å². The topological polar surface area (TPSA) is 34.1 Å². The van der Waals surface area contributed by atoms with Crippen molar-refractivity contribution in [3.8, 4) is 0 Å². The second kappa shape index (κ2) is 4.60. The number of carbonyl (C=O) groups excluding carboxylic acids is 2. The molecule has 2 rings (SSSR count). The van der Waals surface area contributed by atoms with Gasteiger partial charge in [0.1, 0.15) is 5.78 Å². The van der Waals surface area contributed by atoms with Crippen LogP contribution in [-0.4, -0.2) is 11.6 Å². The number of benzene rings is 1. The van der Waals surface area contributed by atoms with Crippen molar-refractivity contribution in [2.75, 3.05) is 0 Å². The Hall–Kier alpha value is -1.44.